The van der Waals surface area contributed by atoms with E-state index in [1.807, 2.05) is 6.07 Å². The molecule has 0 spiro atoms. The fourth-order valence-electron chi connectivity index (χ4n) is 4.53. The molecule has 2 amide bonds. The first kappa shape index (κ1) is 25.0. The van der Waals surface area contributed by atoms with Gasteiger partial charge in [-0.25, -0.2) is 14.0 Å². The molecule has 0 radical (unpaired) electrons. The summed E-state index contributed by atoms with van der Waals surface area (Å²) >= 11 is 3.13. The molecule has 1 N–H and O–H groups in total. The van der Waals surface area contributed by atoms with Crippen LogP contribution in [-0.2, 0) is 20.7 Å². The highest BCUT2D eigenvalue weighted by Crippen LogP contribution is 2.43. The van der Waals surface area contributed by atoms with Crippen molar-refractivity contribution in [2.75, 3.05) is 7.11 Å². The molecule has 1 aromatic carbocycles. The molecule has 2 fully saturated rings. The predicted octanol–water partition coefficient (Wildman–Crippen LogP) is 3.71. The number of piperidine rings is 1. The maximum Gasteiger partial charge on any atom is 0.411 e. The summed E-state index contributed by atoms with van der Waals surface area (Å²) in [5, 5.41) is 12.3. The lowest BCUT2D eigenvalue weighted by atomic mass is 9.97. The van der Waals surface area contributed by atoms with Gasteiger partial charge < -0.3 is 14.8 Å². The van der Waals surface area contributed by atoms with Crippen LogP contribution in [0.1, 0.15) is 56.0 Å². The second-order valence-corrected chi connectivity index (χ2v) is 10.2. The number of methoxy groups -OCH3 is 1. The van der Waals surface area contributed by atoms with Crippen LogP contribution >= 0.6 is 15.9 Å². The van der Waals surface area contributed by atoms with Crippen LogP contribution in [0.3, 0.4) is 0 Å². The van der Waals surface area contributed by atoms with Crippen LogP contribution in [0.4, 0.5) is 9.18 Å². The first-order valence-corrected chi connectivity index (χ1v) is 11.5. The number of hydrogen-bond acceptors (Lipinski definition) is 6. The Balaban J connectivity index is 1.76. The zero-order chi connectivity index (χ0) is 24.5. The molecule has 2 aliphatic rings. The fraction of sp³-hybridized carbons (Fsp3) is 0.565. The molecule has 1 aliphatic carbocycles. The largest absolute Gasteiger partial charge is 0.465 e. The number of nitriles is 1. The lowest BCUT2D eigenvalue weighted by Crippen LogP contribution is -2.55. The Morgan fingerprint density at radius 3 is 2.64 bits per heavy atom. The van der Waals surface area contributed by atoms with Gasteiger partial charge in [0.1, 0.15) is 23.5 Å². The number of nitrogens with zero attached hydrogens (tertiary/aromatic N) is 2. The highest BCUT2D eigenvalue weighted by atomic mass is 79.9. The number of esters is 1. The van der Waals surface area contributed by atoms with Crippen LogP contribution < -0.4 is 5.32 Å². The molecule has 8 nitrogen and oxygen atoms in total. The Morgan fingerprint density at radius 2 is 2.03 bits per heavy atom. The number of fused-ring (bicyclic) bond motifs is 2. The Hall–Kier alpha value is -2.67. The predicted molar refractivity (Wildman–Crippen MR) is 120 cm³/mol. The molecule has 2 bridgehead atoms. The molecule has 33 heavy (non-hydrogen) atoms. The van der Waals surface area contributed by atoms with Gasteiger partial charge in [0.2, 0.25) is 5.91 Å². The van der Waals surface area contributed by atoms with Gasteiger partial charge in [0.15, 0.2) is 0 Å². The van der Waals surface area contributed by atoms with Crippen molar-refractivity contribution in [2.24, 2.45) is 5.92 Å². The van der Waals surface area contributed by atoms with Gasteiger partial charge in [-0.2, -0.15) is 5.26 Å². The number of ether oxygens (including phenoxy) is 2. The fourth-order valence-corrected chi connectivity index (χ4v) is 5.00. The Kier molecular flexibility index (Phi) is 7.32. The lowest BCUT2D eigenvalue weighted by Gasteiger charge is -2.35. The van der Waals surface area contributed by atoms with Gasteiger partial charge in [-0.05, 0) is 79.6 Å². The van der Waals surface area contributed by atoms with E-state index in [0.29, 0.717) is 6.42 Å². The van der Waals surface area contributed by atoms with Gasteiger partial charge in [0.05, 0.1) is 18.7 Å². The van der Waals surface area contributed by atoms with Gasteiger partial charge in [-0.3, -0.25) is 9.69 Å². The van der Waals surface area contributed by atoms with Gasteiger partial charge in [-0.15, -0.1) is 0 Å². The van der Waals surface area contributed by atoms with Crippen molar-refractivity contribution >= 4 is 33.9 Å². The summed E-state index contributed by atoms with van der Waals surface area (Å²) in [7, 11) is 1.21. The summed E-state index contributed by atoms with van der Waals surface area (Å²) in [5.41, 5.74) is -0.505. The summed E-state index contributed by atoms with van der Waals surface area (Å²) in [4.78, 5) is 39.3. The van der Waals surface area contributed by atoms with Crippen molar-refractivity contribution in [3.63, 3.8) is 0 Å². The Bertz CT molecular complexity index is 1000. The van der Waals surface area contributed by atoms with Crippen LogP contribution in [0.5, 0.6) is 0 Å². The maximum atomic E-state index is 14.5. The van der Waals surface area contributed by atoms with Gasteiger partial charge in [0, 0.05) is 16.9 Å². The topological polar surface area (TPSA) is 109 Å². The second-order valence-electron chi connectivity index (χ2n) is 9.37. The van der Waals surface area contributed by atoms with Crippen molar-refractivity contribution in [2.45, 2.75) is 70.2 Å². The van der Waals surface area contributed by atoms with E-state index in [1.165, 1.54) is 18.1 Å². The number of carbonyl (C=O) groups excluding carboxylic acids is 3. The van der Waals surface area contributed by atoms with E-state index in [9.17, 15) is 24.0 Å². The third-order valence-corrected chi connectivity index (χ3v) is 6.55. The zero-order valence-corrected chi connectivity index (χ0v) is 20.6. The molecule has 178 valence electrons. The number of rotatable bonds is 5. The Labute approximate surface area is 200 Å². The number of hydrogen-bond donors (Lipinski definition) is 1. The first-order chi connectivity index (χ1) is 15.4. The summed E-state index contributed by atoms with van der Waals surface area (Å²) in [6.45, 7) is 5.28. The minimum absolute atomic E-state index is 0.0165. The molecule has 1 saturated carbocycles. The molecular formula is C23H27BrFN3O5. The molecule has 1 saturated heterocycles. The van der Waals surface area contributed by atoms with Gasteiger partial charge in [0.25, 0.3) is 0 Å². The standard InChI is InChI=1S/C23H27BrFN3O5/c1-23(2,3)33-22(31)28-15-6-5-12(8-15)19(28)20(29)27-14(11-26)7-13-9-16(21(30)32-4)17(24)10-18(13)25/h9-10,12,14-15,19H,5-8H2,1-4H3,(H,27,29)/t12-,14-,15+,19-/m0/s1. The van der Waals surface area contributed by atoms with Crippen LogP contribution in [0.15, 0.2) is 16.6 Å². The van der Waals surface area contributed by atoms with Crippen molar-refractivity contribution in [1.82, 2.24) is 10.2 Å². The van der Waals surface area contributed by atoms with E-state index in [4.69, 9.17) is 9.47 Å². The molecule has 1 aliphatic heterocycles. The average molecular weight is 524 g/mol. The number of nitrogens with one attached hydrogen (secondary N) is 1. The normalized spacial score (nSPS) is 22.5. The number of halogens is 2. The number of benzene rings is 1. The van der Waals surface area contributed by atoms with E-state index in [-0.39, 0.29) is 34.0 Å². The summed E-state index contributed by atoms with van der Waals surface area (Å²) in [5.74, 6) is -1.77. The van der Waals surface area contributed by atoms with Crippen LogP contribution in [0.2, 0.25) is 0 Å². The summed E-state index contributed by atoms with van der Waals surface area (Å²) < 4.78 is 24.9. The van der Waals surface area contributed by atoms with Crippen molar-refractivity contribution < 1.29 is 28.2 Å². The van der Waals surface area contributed by atoms with Gasteiger partial charge >= 0.3 is 12.1 Å². The number of carbonyl (C=O) groups is 3. The lowest BCUT2D eigenvalue weighted by molar-refractivity contribution is -0.128. The minimum Gasteiger partial charge on any atom is -0.465 e. The highest BCUT2D eigenvalue weighted by molar-refractivity contribution is 9.10. The molecule has 0 aromatic heterocycles. The van der Waals surface area contributed by atoms with Gasteiger partial charge in [-0.1, -0.05) is 0 Å². The van der Waals surface area contributed by atoms with E-state index < -0.39 is 41.5 Å². The summed E-state index contributed by atoms with van der Waals surface area (Å²) in [6.07, 6.45) is 1.61. The third kappa shape index (κ3) is 5.46. The highest BCUT2D eigenvalue weighted by Gasteiger charge is 2.52. The smallest absolute Gasteiger partial charge is 0.411 e. The third-order valence-electron chi connectivity index (χ3n) is 5.90. The average Bonchev–Trinajstić information content (AvgIpc) is 3.34. The molecular weight excluding hydrogens is 497 g/mol. The van der Waals surface area contributed by atoms with Crippen LogP contribution in [-0.4, -0.2) is 53.7 Å². The van der Waals surface area contributed by atoms with Crippen molar-refractivity contribution in [1.29, 1.82) is 5.26 Å². The summed E-state index contributed by atoms with van der Waals surface area (Å²) in [6, 6.07) is 2.52. The van der Waals surface area contributed by atoms with E-state index >= 15 is 0 Å². The van der Waals surface area contributed by atoms with E-state index in [0.717, 1.165) is 18.9 Å². The maximum absolute atomic E-state index is 14.5. The van der Waals surface area contributed by atoms with Crippen molar-refractivity contribution in [3.05, 3.63) is 33.5 Å². The van der Waals surface area contributed by atoms with E-state index in [1.54, 1.807) is 20.8 Å². The number of likely N-dealkylation sites (tertiary alicyclic amines) is 1. The second kappa shape index (κ2) is 9.67. The molecule has 1 heterocycles. The monoisotopic (exact) mass is 523 g/mol. The zero-order valence-electron chi connectivity index (χ0n) is 19.0. The molecule has 1 aromatic rings. The molecule has 0 unspecified atom stereocenters. The van der Waals surface area contributed by atoms with Crippen LogP contribution in [0.25, 0.3) is 0 Å². The van der Waals surface area contributed by atoms with Crippen molar-refractivity contribution in [3.8, 4) is 6.07 Å². The quantitative estimate of drug-likeness (QED) is 0.589. The SMILES string of the molecule is COC(=O)c1cc(C[C@@H](C#N)NC(=O)[C@@H]2[C@H]3CC[C@H](C3)N2C(=O)OC(C)(C)C)c(F)cc1Br. The number of amides is 2. The van der Waals surface area contributed by atoms with Crippen LogP contribution in [0, 0.1) is 23.1 Å². The molecule has 4 atom stereocenters. The van der Waals surface area contributed by atoms with E-state index in [2.05, 4.69) is 21.2 Å². The molecule has 10 heteroatoms. The minimum atomic E-state index is -1.06. The first-order valence-electron chi connectivity index (χ1n) is 10.7. The molecule has 3 rings (SSSR count). The Morgan fingerprint density at radius 1 is 1.33 bits per heavy atom.